The number of aryl methyl sites for hydroxylation is 2. The van der Waals surface area contributed by atoms with Gasteiger partial charge >= 0.3 is 5.97 Å². The van der Waals surface area contributed by atoms with Gasteiger partial charge in [0.1, 0.15) is 0 Å². The lowest BCUT2D eigenvalue weighted by Gasteiger charge is -2.06. The number of ketones is 1. The molecule has 1 aromatic heterocycles. The minimum atomic E-state index is -0.604. The first kappa shape index (κ1) is 21.2. The summed E-state index contributed by atoms with van der Waals surface area (Å²) in [5.74, 6) is -0.643. The van der Waals surface area contributed by atoms with E-state index in [2.05, 4.69) is 21.5 Å². The van der Waals surface area contributed by atoms with Gasteiger partial charge < -0.3 is 9.40 Å². The Morgan fingerprint density at radius 1 is 0.969 bits per heavy atom. The zero-order valence-corrected chi connectivity index (χ0v) is 18.1. The Kier molecular flexibility index (Phi) is 5.69. The Labute approximate surface area is 185 Å². The van der Waals surface area contributed by atoms with Crippen molar-refractivity contribution in [1.29, 1.82) is 0 Å². The second kappa shape index (κ2) is 8.59. The quantitative estimate of drug-likeness (QED) is 0.146. The topological polar surface area (TPSA) is 77.7 Å². The first-order chi connectivity index (χ1) is 15.4. The van der Waals surface area contributed by atoms with E-state index in [0.717, 1.165) is 33.9 Å². The van der Waals surface area contributed by atoms with Gasteiger partial charge in [0.25, 0.3) is 0 Å². The molecule has 0 radical (unpaired) electrons. The van der Waals surface area contributed by atoms with Gasteiger partial charge in [0.2, 0.25) is 0 Å². The summed E-state index contributed by atoms with van der Waals surface area (Å²) in [5.41, 5.74) is 4.70. The van der Waals surface area contributed by atoms with E-state index >= 15 is 0 Å². The van der Waals surface area contributed by atoms with Gasteiger partial charge in [-0.1, -0.05) is 35.5 Å². The van der Waals surface area contributed by atoms with Gasteiger partial charge in [0.15, 0.2) is 17.8 Å². The predicted octanol–water partition coefficient (Wildman–Crippen LogP) is 4.82. The molecule has 6 nitrogen and oxygen atoms in total. The van der Waals surface area contributed by atoms with E-state index in [4.69, 9.17) is 0 Å². The maximum atomic E-state index is 13.2. The number of carbonyl (C=O) groups is 3. The molecular formula is C26H22N2O4. The van der Waals surface area contributed by atoms with Crippen LogP contribution in [0.4, 0.5) is 0 Å². The largest absolute Gasteiger partial charge is 0.341 e. The number of aldehydes is 1. The number of benzene rings is 3. The van der Waals surface area contributed by atoms with Gasteiger partial charge in [-0.25, -0.2) is 4.79 Å². The van der Waals surface area contributed by atoms with Gasteiger partial charge in [-0.3, -0.25) is 9.59 Å². The number of hydrogen-bond acceptors (Lipinski definition) is 5. The predicted molar refractivity (Wildman–Crippen MR) is 124 cm³/mol. The van der Waals surface area contributed by atoms with Crippen molar-refractivity contribution in [3.8, 4) is 0 Å². The third-order valence-corrected chi connectivity index (χ3v) is 5.51. The lowest BCUT2D eigenvalue weighted by Crippen LogP contribution is -2.05. The number of carbonyl (C=O) groups excluding carboxylic acids is 3. The molecule has 0 aliphatic rings. The minimum Gasteiger partial charge on any atom is -0.341 e. The van der Waals surface area contributed by atoms with Crippen LogP contribution in [-0.4, -0.2) is 28.3 Å². The van der Waals surface area contributed by atoms with Crippen molar-refractivity contribution in [3.63, 3.8) is 0 Å². The molecule has 0 fully saturated rings. The number of fused-ring (bicyclic) bond motifs is 3. The van der Waals surface area contributed by atoms with E-state index in [9.17, 15) is 14.4 Å². The maximum Gasteiger partial charge on any atom is 0.332 e. The van der Waals surface area contributed by atoms with Crippen molar-refractivity contribution in [3.05, 3.63) is 82.9 Å². The molecular weight excluding hydrogens is 404 g/mol. The van der Waals surface area contributed by atoms with E-state index in [1.807, 2.05) is 61.5 Å². The second-order valence-electron chi connectivity index (χ2n) is 7.53. The molecule has 6 heteroatoms. The van der Waals surface area contributed by atoms with E-state index in [1.165, 1.54) is 6.92 Å². The number of oxime groups is 1. The van der Waals surface area contributed by atoms with Crippen LogP contribution in [0.15, 0.2) is 65.8 Å². The van der Waals surface area contributed by atoms with Crippen LogP contribution < -0.4 is 0 Å². The van der Waals surface area contributed by atoms with E-state index in [-0.39, 0.29) is 11.5 Å². The van der Waals surface area contributed by atoms with Crippen molar-refractivity contribution in [1.82, 2.24) is 4.57 Å². The Morgan fingerprint density at radius 3 is 2.19 bits per heavy atom. The van der Waals surface area contributed by atoms with Crippen molar-refractivity contribution in [2.24, 2.45) is 5.16 Å². The van der Waals surface area contributed by atoms with Crippen molar-refractivity contribution >= 4 is 45.6 Å². The normalized spacial score (nSPS) is 11.7. The molecule has 0 N–H and O–H groups in total. The molecule has 4 rings (SSSR count). The molecule has 3 aromatic carbocycles. The van der Waals surface area contributed by atoms with Crippen molar-refractivity contribution in [2.45, 2.75) is 27.3 Å². The van der Waals surface area contributed by atoms with Crippen LogP contribution in [0.5, 0.6) is 0 Å². The summed E-state index contributed by atoms with van der Waals surface area (Å²) in [4.78, 5) is 40.5. The van der Waals surface area contributed by atoms with Crippen LogP contribution in [0, 0.1) is 6.92 Å². The third kappa shape index (κ3) is 3.71. The van der Waals surface area contributed by atoms with Crippen LogP contribution in [0.1, 0.15) is 40.9 Å². The monoisotopic (exact) mass is 426 g/mol. The molecule has 0 saturated carbocycles. The maximum absolute atomic E-state index is 13.2. The number of rotatable bonds is 6. The highest BCUT2D eigenvalue weighted by Gasteiger charge is 2.17. The molecule has 0 atom stereocenters. The fourth-order valence-electron chi connectivity index (χ4n) is 3.98. The smallest absolute Gasteiger partial charge is 0.332 e. The molecule has 0 saturated heterocycles. The van der Waals surface area contributed by atoms with E-state index in [0.29, 0.717) is 23.0 Å². The molecule has 160 valence electrons. The Balaban J connectivity index is 1.91. The van der Waals surface area contributed by atoms with Crippen molar-refractivity contribution < 1.29 is 19.2 Å². The standard InChI is InChI=1S/C26H22N2O4/c1-4-28-24-11-9-18(23(15-29)27-32-17(3)30)13-21(24)22-14-19(10-12-25(22)28)26(31)20-8-6-5-7-16(20)2/h5-15H,4H2,1-3H3. The number of hydrogen-bond donors (Lipinski definition) is 0. The van der Waals surface area contributed by atoms with E-state index < -0.39 is 5.97 Å². The Hall–Kier alpha value is -4.06. The summed E-state index contributed by atoms with van der Waals surface area (Å²) in [6.07, 6.45) is 0.552. The second-order valence-corrected chi connectivity index (χ2v) is 7.53. The summed E-state index contributed by atoms with van der Waals surface area (Å²) in [6, 6.07) is 18.7. The molecule has 0 amide bonds. The fourth-order valence-corrected chi connectivity index (χ4v) is 3.98. The number of aromatic nitrogens is 1. The average Bonchev–Trinajstić information content (AvgIpc) is 3.11. The Bertz CT molecular complexity index is 1410. The van der Waals surface area contributed by atoms with Crippen LogP contribution in [0.3, 0.4) is 0 Å². The van der Waals surface area contributed by atoms with Crippen LogP contribution >= 0.6 is 0 Å². The minimum absolute atomic E-state index is 0.0200. The average molecular weight is 426 g/mol. The zero-order valence-electron chi connectivity index (χ0n) is 18.1. The zero-order chi connectivity index (χ0) is 22.8. The lowest BCUT2D eigenvalue weighted by atomic mass is 9.97. The van der Waals surface area contributed by atoms with E-state index in [1.54, 1.807) is 6.07 Å². The molecule has 1 heterocycles. The molecule has 4 aromatic rings. The van der Waals surface area contributed by atoms with Crippen molar-refractivity contribution in [2.75, 3.05) is 0 Å². The first-order valence-corrected chi connectivity index (χ1v) is 10.3. The first-order valence-electron chi connectivity index (χ1n) is 10.3. The van der Waals surface area contributed by atoms with Crippen LogP contribution in [0.25, 0.3) is 21.8 Å². The summed E-state index contributed by atoms with van der Waals surface area (Å²) >= 11 is 0. The molecule has 0 aliphatic carbocycles. The van der Waals surface area contributed by atoms with Crippen LogP contribution in [-0.2, 0) is 21.0 Å². The molecule has 0 aliphatic heterocycles. The fraction of sp³-hybridized carbons (Fsp3) is 0.154. The third-order valence-electron chi connectivity index (χ3n) is 5.51. The molecule has 0 bridgehead atoms. The van der Waals surface area contributed by atoms with Gasteiger partial charge in [-0.05, 0) is 49.7 Å². The summed E-state index contributed by atoms with van der Waals surface area (Å²) in [5, 5.41) is 5.45. The van der Waals surface area contributed by atoms with Gasteiger partial charge in [-0.15, -0.1) is 0 Å². The highest BCUT2D eigenvalue weighted by molar-refractivity contribution is 6.36. The molecule has 32 heavy (non-hydrogen) atoms. The molecule has 0 unspecified atom stereocenters. The highest BCUT2D eigenvalue weighted by Crippen LogP contribution is 2.31. The van der Waals surface area contributed by atoms with Crippen LogP contribution in [0.2, 0.25) is 0 Å². The highest BCUT2D eigenvalue weighted by atomic mass is 16.7. The SMILES string of the molecule is CCn1c2ccc(C(=O)c3ccccc3C)cc2c2cc(C(C=O)=NOC(C)=O)ccc21. The summed E-state index contributed by atoms with van der Waals surface area (Å²) < 4.78 is 2.15. The number of nitrogens with zero attached hydrogens (tertiary/aromatic N) is 2. The van der Waals surface area contributed by atoms with Gasteiger partial charge in [0, 0.05) is 52.0 Å². The molecule has 0 spiro atoms. The lowest BCUT2D eigenvalue weighted by molar-refractivity contribution is -0.140. The summed E-state index contributed by atoms with van der Waals surface area (Å²) in [6.45, 7) is 5.94. The van der Waals surface area contributed by atoms with Gasteiger partial charge in [-0.2, -0.15) is 0 Å². The van der Waals surface area contributed by atoms with Gasteiger partial charge in [0.05, 0.1) is 0 Å². The Morgan fingerprint density at radius 2 is 1.59 bits per heavy atom. The summed E-state index contributed by atoms with van der Waals surface area (Å²) in [7, 11) is 0.